The van der Waals surface area contributed by atoms with E-state index < -0.39 is 0 Å². The van der Waals surface area contributed by atoms with Gasteiger partial charge in [-0.2, -0.15) is 0 Å². The summed E-state index contributed by atoms with van der Waals surface area (Å²) in [7, 11) is 0. The third kappa shape index (κ3) is 1.32. The van der Waals surface area contributed by atoms with E-state index >= 15 is 0 Å². The van der Waals surface area contributed by atoms with Crippen LogP contribution in [0, 0.1) is 5.92 Å². The number of rotatable bonds is 1. The van der Waals surface area contributed by atoms with Gasteiger partial charge in [-0.3, -0.25) is 0 Å². The molecule has 1 unspecified atom stereocenters. The predicted octanol–water partition coefficient (Wildman–Crippen LogP) is 1.50. The first-order chi connectivity index (χ1) is 4.75. The SMILES string of the molecule is C=C1C(CC)CCCN1N. The Bertz CT molecular complexity index is 131. The molecular weight excluding hydrogens is 124 g/mol. The fraction of sp³-hybridized carbons (Fsp3) is 0.750. The molecule has 0 aromatic carbocycles. The Balaban J connectivity index is 2.51. The van der Waals surface area contributed by atoms with Crippen molar-refractivity contribution in [2.75, 3.05) is 6.54 Å². The number of hydrogen-bond acceptors (Lipinski definition) is 2. The van der Waals surface area contributed by atoms with E-state index in [1.165, 1.54) is 19.3 Å². The minimum Gasteiger partial charge on any atom is -0.315 e. The van der Waals surface area contributed by atoms with Gasteiger partial charge in [-0.25, -0.2) is 5.84 Å². The van der Waals surface area contributed by atoms with Gasteiger partial charge in [-0.1, -0.05) is 13.5 Å². The van der Waals surface area contributed by atoms with Gasteiger partial charge in [0.15, 0.2) is 0 Å². The van der Waals surface area contributed by atoms with Crippen LogP contribution in [0.3, 0.4) is 0 Å². The van der Waals surface area contributed by atoms with E-state index in [1.54, 1.807) is 5.01 Å². The predicted molar refractivity (Wildman–Crippen MR) is 43.0 cm³/mol. The first kappa shape index (κ1) is 7.61. The Hall–Kier alpha value is -0.500. The van der Waals surface area contributed by atoms with Crippen LogP contribution in [0.25, 0.3) is 0 Å². The zero-order chi connectivity index (χ0) is 7.56. The van der Waals surface area contributed by atoms with Gasteiger partial charge < -0.3 is 5.01 Å². The molecule has 1 saturated heterocycles. The zero-order valence-corrected chi connectivity index (χ0v) is 6.64. The third-order valence-corrected chi connectivity index (χ3v) is 2.28. The van der Waals surface area contributed by atoms with Gasteiger partial charge in [0, 0.05) is 12.2 Å². The molecule has 1 rings (SSSR count). The van der Waals surface area contributed by atoms with Gasteiger partial charge in [-0.05, 0) is 25.2 Å². The summed E-state index contributed by atoms with van der Waals surface area (Å²) < 4.78 is 0. The molecule has 10 heavy (non-hydrogen) atoms. The van der Waals surface area contributed by atoms with Crippen molar-refractivity contribution in [2.24, 2.45) is 11.8 Å². The molecule has 0 aromatic heterocycles. The summed E-state index contributed by atoms with van der Waals surface area (Å²) in [5.74, 6) is 6.32. The molecule has 0 spiro atoms. The van der Waals surface area contributed by atoms with Gasteiger partial charge in [-0.15, -0.1) is 0 Å². The second-order valence-electron chi connectivity index (χ2n) is 2.93. The maximum atomic E-state index is 5.68. The maximum absolute atomic E-state index is 5.68. The lowest BCUT2D eigenvalue weighted by Gasteiger charge is -2.32. The Morgan fingerprint density at radius 2 is 2.50 bits per heavy atom. The lowest BCUT2D eigenvalue weighted by molar-refractivity contribution is 0.245. The highest BCUT2D eigenvalue weighted by molar-refractivity contribution is 5.00. The molecule has 2 N–H and O–H groups in total. The van der Waals surface area contributed by atoms with Crippen LogP contribution < -0.4 is 5.84 Å². The van der Waals surface area contributed by atoms with Crippen LogP contribution >= 0.6 is 0 Å². The van der Waals surface area contributed by atoms with Gasteiger partial charge in [0.25, 0.3) is 0 Å². The van der Waals surface area contributed by atoms with E-state index in [1.807, 2.05) is 0 Å². The van der Waals surface area contributed by atoms with Crippen LogP contribution in [0.15, 0.2) is 12.3 Å². The van der Waals surface area contributed by atoms with E-state index in [4.69, 9.17) is 5.84 Å². The third-order valence-electron chi connectivity index (χ3n) is 2.28. The van der Waals surface area contributed by atoms with Crippen molar-refractivity contribution < 1.29 is 0 Å². The number of hydrogen-bond donors (Lipinski definition) is 1. The number of allylic oxidation sites excluding steroid dienone is 1. The monoisotopic (exact) mass is 140 g/mol. The van der Waals surface area contributed by atoms with Crippen molar-refractivity contribution in [3.63, 3.8) is 0 Å². The van der Waals surface area contributed by atoms with Gasteiger partial charge >= 0.3 is 0 Å². The quantitative estimate of drug-likeness (QED) is 0.559. The average Bonchev–Trinajstić information content (AvgIpc) is 1.95. The van der Waals surface area contributed by atoms with Crippen LogP contribution in [0.1, 0.15) is 26.2 Å². The molecular formula is C8H16N2. The fourth-order valence-corrected chi connectivity index (χ4v) is 1.49. The Labute approximate surface area is 62.7 Å². The number of piperidine rings is 1. The molecule has 1 atom stereocenters. The second kappa shape index (κ2) is 3.06. The minimum atomic E-state index is 0.638. The summed E-state index contributed by atoms with van der Waals surface area (Å²) in [6.45, 7) is 7.12. The number of nitrogens with zero attached hydrogens (tertiary/aromatic N) is 1. The fourth-order valence-electron chi connectivity index (χ4n) is 1.49. The molecule has 0 radical (unpaired) electrons. The van der Waals surface area contributed by atoms with Crippen molar-refractivity contribution in [3.8, 4) is 0 Å². The van der Waals surface area contributed by atoms with Gasteiger partial charge in [0.05, 0.1) is 0 Å². The second-order valence-corrected chi connectivity index (χ2v) is 2.93. The molecule has 58 valence electrons. The van der Waals surface area contributed by atoms with E-state index in [0.717, 1.165) is 12.2 Å². The topological polar surface area (TPSA) is 29.3 Å². The molecule has 1 aliphatic heterocycles. The standard InChI is InChI=1S/C8H16N2/c1-3-8-5-4-6-10(9)7(8)2/h8H,2-6,9H2,1H3. The summed E-state index contributed by atoms with van der Waals surface area (Å²) in [4.78, 5) is 0. The van der Waals surface area contributed by atoms with E-state index in [-0.39, 0.29) is 0 Å². The van der Waals surface area contributed by atoms with Crippen molar-refractivity contribution in [2.45, 2.75) is 26.2 Å². The average molecular weight is 140 g/mol. The van der Waals surface area contributed by atoms with Crippen molar-refractivity contribution in [1.82, 2.24) is 5.01 Å². The number of hydrazine groups is 1. The van der Waals surface area contributed by atoms with Crippen LogP contribution in [0.4, 0.5) is 0 Å². The van der Waals surface area contributed by atoms with Crippen molar-refractivity contribution >= 4 is 0 Å². The molecule has 1 fully saturated rings. The molecule has 0 bridgehead atoms. The Morgan fingerprint density at radius 3 is 3.00 bits per heavy atom. The summed E-state index contributed by atoms with van der Waals surface area (Å²) in [6, 6.07) is 0. The van der Waals surface area contributed by atoms with Crippen molar-refractivity contribution in [3.05, 3.63) is 12.3 Å². The molecule has 2 nitrogen and oxygen atoms in total. The van der Waals surface area contributed by atoms with Gasteiger partial charge in [0.2, 0.25) is 0 Å². The first-order valence-corrected chi connectivity index (χ1v) is 3.96. The maximum Gasteiger partial charge on any atom is 0.0338 e. The summed E-state index contributed by atoms with van der Waals surface area (Å²) in [6.07, 6.45) is 3.66. The lowest BCUT2D eigenvalue weighted by Crippen LogP contribution is -2.37. The first-order valence-electron chi connectivity index (χ1n) is 3.96. The summed E-state index contributed by atoms with van der Waals surface area (Å²) in [5, 5.41) is 1.79. The summed E-state index contributed by atoms with van der Waals surface area (Å²) >= 11 is 0. The zero-order valence-electron chi connectivity index (χ0n) is 6.64. The van der Waals surface area contributed by atoms with Crippen LogP contribution in [0.2, 0.25) is 0 Å². The molecule has 1 aliphatic rings. The minimum absolute atomic E-state index is 0.638. The number of nitrogens with two attached hydrogens (primary N) is 1. The van der Waals surface area contributed by atoms with Crippen LogP contribution in [-0.4, -0.2) is 11.6 Å². The molecule has 2 heteroatoms. The normalized spacial score (nSPS) is 27.2. The molecule has 0 aliphatic carbocycles. The highest BCUT2D eigenvalue weighted by Gasteiger charge is 2.18. The van der Waals surface area contributed by atoms with E-state index in [2.05, 4.69) is 13.5 Å². The molecule has 0 aromatic rings. The van der Waals surface area contributed by atoms with E-state index in [0.29, 0.717) is 5.92 Å². The van der Waals surface area contributed by atoms with Crippen molar-refractivity contribution in [1.29, 1.82) is 0 Å². The lowest BCUT2D eigenvalue weighted by atomic mass is 9.93. The highest BCUT2D eigenvalue weighted by Crippen LogP contribution is 2.25. The highest BCUT2D eigenvalue weighted by atomic mass is 15.4. The summed E-state index contributed by atoms with van der Waals surface area (Å²) in [5.41, 5.74) is 1.12. The molecule has 0 saturated carbocycles. The van der Waals surface area contributed by atoms with E-state index in [9.17, 15) is 0 Å². The largest absolute Gasteiger partial charge is 0.315 e. The van der Waals surface area contributed by atoms with Gasteiger partial charge in [0.1, 0.15) is 0 Å². The Morgan fingerprint density at radius 1 is 1.80 bits per heavy atom. The van der Waals surface area contributed by atoms with Crippen LogP contribution in [-0.2, 0) is 0 Å². The van der Waals surface area contributed by atoms with Crippen LogP contribution in [0.5, 0.6) is 0 Å². The smallest absolute Gasteiger partial charge is 0.0338 e. The molecule has 0 amide bonds. The Kier molecular flexibility index (Phi) is 2.33. The molecule has 1 heterocycles.